The molecule has 13 heteroatoms. The van der Waals surface area contributed by atoms with Gasteiger partial charge in [0.1, 0.15) is 43.8 Å². The van der Waals surface area contributed by atoms with Crippen molar-refractivity contribution in [3.63, 3.8) is 0 Å². The maximum atomic E-state index is 12.2. The van der Waals surface area contributed by atoms with E-state index < -0.39 is 30.9 Å². The zero-order chi connectivity index (χ0) is 36.6. The van der Waals surface area contributed by atoms with Crippen molar-refractivity contribution in [2.24, 2.45) is 0 Å². The zero-order valence-electron chi connectivity index (χ0n) is 29.3. The Morgan fingerprint density at radius 2 is 1.02 bits per heavy atom. The van der Waals surface area contributed by atoms with E-state index in [1.807, 2.05) is 6.07 Å². The summed E-state index contributed by atoms with van der Waals surface area (Å²) in [5.74, 6) is 0.181. The van der Waals surface area contributed by atoms with E-state index in [4.69, 9.17) is 9.47 Å². The van der Waals surface area contributed by atoms with E-state index in [0.29, 0.717) is 24.3 Å². The Kier molecular flexibility index (Phi) is 19.4. The average Bonchev–Trinajstić information content (AvgIpc) is 3.07. The Hall–Kier alpha value is -2.84. The molecule has 0 amide bonds. The van der Waals surface area contributed by atoms with E-state index in [0.717, 1.165) is 57.8 Å². The Bertz CT molecular complexity index is 1710. The minimum Gasteiger partial charge on any atom is -0.872 e. The second-order valence-electron chi connectivity index (χ2n) is 11.8. The molecule has 0 saturated carbocycles. The minimum atomic E-state index is -4.83. The van der Waals surface area contributed by atoms with Gasteiger partial charge in [0, 0.05) is 5.56 Å². The summed E-state index contributed by atoms with van der Waals surface area (Å²) in [4.78, 5) is -0.883. The van der Waals surface area contributed by atoms with Crippen LogP contribution < -0.4 is 14.6 Å². The standard InChI is InChI=1S/2C19H24O5S.Ca/c2*1-2-3-4-5-9-12-16-17(20)13-14-18(19(16)25(21,22)23)24-15-10-7-6-8-11-15;/h2*6-8,10-11,13-14,20H,2-5,9,12H2,1H3,(H,21,22,23);/q;;+2/p-2. The van der Waals surface area contributed by atoms with E-state index in [-0.39, 0.29) is 77.4 Å². The number of para-hydroxylation sites is 2. The molecule has 0 radical (unpaired) electrons. The van der Waals surface area contributed by atoms with Crippen LogP contribution in [0.2, 0.25) is 0 Å². The van der Waals surface area contributed by atoms with Crippen molar-refractivity contribution in [1.29, 1.82) is 0 Å². The zero-order valence-corrected chi connectivity index (χ0v) is 33.1. The molecule has 0 aliphatic carbocycles. The summed E-state index contributed by atoms with van der Waals surface area (Å²) in [6, 6.07) is 22.5. The van der Waals surface area contributed by atoms with Gasteiger partial charge >= 0.3 is 37.7 Å². The number of ether oxygens (including phenoxy) is 2. The van der Waals surface area contributed by atoms with Crippen molar-refractivity contribution in [2.75, 3.05) is 0 Å². The Morgan fingerprint density at radius 3 is 1.47 bits per heavy atom. The average molecular weight is 767 g/mol. The van der Waals surface area contributed by atoms with Crippen LogP contribution in [0.3, 0.4) is 0 Å². The molecule has 0 bridgehead atoms. The molecule has 0 fully saturated rings. The van der Waals surface area contributed by atoms with Gasteiger partial charge in [-0.15, -0.1) is 5.75 Å². The molecule has 272 valence electrons. The molecule has 0 aromatic heterocycles. The van der Waals surface area contributed by atoms with Crippen LogP contribution in [-0.4, -0.2) is 68.8 Å². The van der Waals surface area contributed by atoms with E-state index in [2.05, 4.69) is 13.8 Å². The normalized spacial score (nSPS) is 11.2. The molecule has 51 heavy (non-hydrogen) atoms. The summed E-state index contributed by atoms with van der Waals surface area (Å²) in [6.45, 7) is 4.22. The molecule has 0 aliphatic rings. The van der Waals surface area contributed by atoms with Crippen molar-refractivity contribution in [1.82, 2.24) is 0 Å². The van der Waals surface area contributed by atoms with Crippen molar-refractivity contribution in [3.05, 3.63) is 96.1 Å². The fourth-order valence-electron chi connectivity index (χ4n) is 5.42. The fourth-order valence-corrected chi connectivity index (χ4v) is 7.16. The van der Waals surface area contributed by atoms with Crippen LogP contribution in [0.4, 0.5) is 0 Å². The first kappa shape index (κ1) is 44.3. The van der Waals surface area contributed by atoms with Gasteiger partial charge < -0.3 is 24.2 Å². The first-order valence-electron chi connectivity index (χ1n) is 16.9. The summed E-state index contributed by atoms with van der Waals surface area (Å²) in [5, 5.41) is 22.3. The SMILES string of the molecule is CCCCCCCc1c(O)ccc(Oc2ccccc2)c1S(=O)(=O)O.CCCCCCCc1c([O-])ccc(Oc2ccccc2)c1S(=O)(=O)[O-].[Ca+2]. The van der Waals surface area contributed by atoms with Gasteiger partial charge in [-0.25, -0.2) is 8.42 Å². The summed E-state index contributed by atoms with van der Waals surface area (Å²) in [7, 11) is -9.37. The maximum Gasteiger partial charge on any atom is 2.00 e. The van der Waals surface area contributed by atoms with Crippen LogP contribution in [0, 0.1) is 0 Å². The molecule has 4 aromatic rings. The van der Waals surface area contributed by atoms with Gasteiger partial charge in [0.05, 0.1) is 4.90 Å². The van der Waals surface area contributed by atoms with Crippen LogP contribution in [0.5, 0.6) is 34.5 Å². The molecule has 4 aromatic carbocycles. The molecule has 2 N–H and O–H groups in total. The topological polar surface area (TPSA) is 173 Å². The van der Waals surface area contributed by atoms with Gasteiger partial charge in [0.15, 0.2) is 0 Å². The third-order valence-corrected chi connectivity index (χ3v) is 9.80. The number of hydrogen-bond acceptors (Lipinski definition) is 9. The molecule has 0 spiro atoms. The van der Waals surface area contributed by atoms with Crippen LogP contribution in [0.15, 0.2) is 94.7 Å². The molecular weight excluding hydrogens is 721 g/mol. The van der Waals surface area contributed by atoms with Gasteiger partial charge in [0.2, 0.25) is 0 Å². The van der Waals surface area contributed by atoms with Crippen molar-refractivity contribution in [3.8, 4) is 34.5 Å². The smallest absolute Gasteiger partial charge is 0.872 e. The Labute approximate surface area is 332 Å². The fraction of sp³-hybridized carbons (Fsp3) is 0.368. The van der Waals surface area contributed by atoms with Crippen LogP contribution in [-0.2, 0) is 33.1 Å². The second-order valence-corrected chi connectivity index (χ2v) is 14.5. The predicted octanol–water partition coefficient (Wildman–Crippen LogP) is 8.53. The first-order chi connectivity index (χ1) is 23.9. The van der Waals surface area contributed by atoms with Crippen molar-refractivity contribution in [2.45, 2.75) is 101 Å². The van der Waals surface area contributed by atoms with Crippen LogP contribution in [0.1, 0.15) is 89.2 Å². The van der Waals surface area contributed by atoms with Crippen LogP contribution >= 0.6 is 0 Å². The van der Waals surface area contributed by atoms with Gasteiger partial charge in [-0.1, -0.05) is 108 Å². The molecular formula is C38H46CaO10S2. The summed E-state index contributed by atoms with van der Waals surface area (Å²) >= 11 is 0. The number of benzene rings is 4. The minimum absolute atomic E-state index is 0. The molecule has 0 aliphatic heterocycles. The monoisotopic (exact) mass is 766 g/mol. The number of unbranched alkanes of at least 4 members (excludes halogenated alkanes) is 8. The quantitative estimate of drug-likeness (QED) is 0.0568. The molecule has 0 atom stereocenters. The number of aromatic hydroxyl groups is 1. The third kappa shape index (κ3) is 14.6. The molecule has 10 nitrogen and oxygen atoms in total. The molecule has 0 heterocycles. The van der Waals surface area contributed by atoms with E-state index in [1.165, 1.54) is 24.3 Å². The molecule has 0 unspecified atom stereocenters. The van der Waals surface area contributed by atoms with Gasteiger partial charge in [0.25, 0.3) is 10.1 Å². The Morgan fingerprint density at radius 1 is 0.588 bits per heavy atom. The van der Waals surface area contributed by atoms with Crippen LogP contribution in [0.25, 0.3) is 0 Å². The van der Waals surface area contributed by atoms with Crippen molar-refractivity contribution < 1.29 is 45.6 Å². The Balaban J connectivity index is 0.000000347. The first-order valence-corrected chi connectivity index (χ1v) is 19.8. The molecule has 4 rings (SSSR count). The maximum absolute atomic E-state index is 12.2. The molecule has 0 saturated heterocycles. The number of phenols is 1. The number of rotatable bonds is 18. The number of hydrogen-bond donors (Lipinski definition) is 2. The number of phenolic OH excluding ortho intramolecular Hbond substituents is 1. The third-order valence-electron chi connectivity index (χ3n) is 7.89. The van der Waals surface area contributed by atoms with Crippen molar-refractivity contribution >= 4 is 58.0 Å². The van der Waals surface area contributed by atoms with E-state index in [9.17, 15) is 36.2 Å². The van der Waals surface area contributed by atoms with E-state index >= 15 is 0 Å². The predicted molar refractivity (Wildman–Crippen MR) is 195 cm³/mol. The summed E-state index contributed by atoms with van der Waals surface area (Å²) in [6.07, 6.45) is 10.3. The van der Waals surface area contributed by atoms with Gasteiger partial charge in [-0.05, 0) is 73.7 Å². The second kappa shape index (κ2) is 22.3. The van der Waals surface area contributed by atoms with E-state index in [1.54, 1.807) is 54.6 Å². The summed E-state index contributed by atoms with van der Waals surface area (Å²) in [5.41, 5.74) is 0.229. The van der Waals surface area contributed by atoms with Gasteiger partial charge in [-0.2, -0.15) is 8.42 Å². The van der Waals surface area contributed by atoms with Gasteiger partial charge in [-0.3, -0.25) is 4.55 Å². The summed E-state index contributed by atoms with van der Waals surface area (Å²) < 4.78 is 80.0. The largest absolute Gasteiger partial charge is 2.00 e.